The van der Waals surface area contributed by atoms with Crippen LogP contribution < -0.4 is 0 Å². The van der Waals surface area contributed by atoms with Gasteiger partial charge < -0.3 is 9.47 Å². The number of rotatable bonds is 9. The molecule has 0 saturated heterocycles. The number of thioether (sulfide) groups is 1. The normalized spacial score (nSPS) is 18.0. The van der Waals surface area contributed by atoms with Gasteiger partial charge in [0.15, 0.2) is 0 Å². The maximum atomic E-state index is 13.2. The summed E-state index contributed by atoms with van der Waals surface area (Å²) >= 11 is 1.62. The van der Waals surface area contributed by atoms with Gasteiger partial charge >= 0.3 is 11.9 Å². The number of carbonyl (C=O) groups excluding carboxylic acids is 2. The van der Waals surface area contributed by atoms with Crippen LogP contribution in [0.25, 0.3) is 0 Å². The Bertz CT molecular complexity index is 1050. The van der Waals surface area contributed by atoms with Crippen LogP contribution in [0.4, 0.5) is 0 Å². The Labute approximate surface area is 200 Å². The number of carbonyl (C=O) groups is 2. The van der Waals surface area contributed by atoms with Crippen molar-refractivity contribution in [2.75, 3.05) is 20.0 Å². The van der Waals surface area contributed by atoms with Crippen LogP contribution in [0.3, 0.4) is 0 Å². The lowest BCUT2D eigenvalue weighted by Crippen LogP contribution is -2.36. The van der Waals surface area contributed by atoms with Crippen LogP contribution >= 0.6 is 11.8 Å². The largest absolute Gasteiger partial charge is 0.468 e. The maximum absolute atomic E-state index is 13.2. The van der Waals surface area contributed by atoms with Crippen molar-refractivity contribution >= 4 is 29.4 Å². The average molecular weight is 466 g/mol. The molecule has 0 spiro atoms. The monoisotopic (exact) mass is 465 g/mol. The number of aliphatic imine (C=N–C) groups is 1. The molecule has 1 aliphatic heterocycles. The smallest absolute Gasteiger partial charge is 0.336 e. The van der Waals surface area contributed by atoms with Gasteiger partial charge in [0, 0.05) is 16.5 Å². The molecule has 0 saturated carbocycles. The molecule has 1 heterocycles. The Morgan fingerprint density at radius 1 is 1.06 bits per heavy atom. The number of hydrogen-bond acceptors (Lipinski definition) is 6. The summed E-state index contributed by atoms with van der Waals surface area (Å²) in [5, 5.41) is 0. The van der Waals surface area contributed by atoms with E-state index in [1.807, 2.05) is 55.6 Å². The fraction of sp³-hybridized carbons (Fsp3) is 0.370. The zero-order chi connectivity index (χ0) is 23.8. The van der Waals surface area contributed by atoms with E-state index >= 15 is 0 Å². The minimum absolute atomic E-state index is 0.253. The molecule has 0 amide bonds. The molecule has 0 fully saturated rings. The van der Waals surface area contributed by atoms with E-state index in [-0.39, 0.29) is 6.61 Å². The Kier molecular flexibility index (Phi) is 8.89. The zero-order valence-corrected chi connectivity index (χ0v) is 20.5. The number of benzene rings is 2. The third-order valence-corrected chi connectivity index (χ3v) is 6.57. The summed E-state index contributed by atoms with van der Waals surface area (Å²) in [6.45, 7) is 3.88. The quantitative estimate of drug-likeness (QED) is 0.356. The molecule has 0 aromatic heterocycles. The van der Waals surface area contributed by atoms with E-state index < -0.39 is 23.8 Å². The Morgan fingerprint density at radius 3 is 2.48 bits per heavy atom. The van der Waals surface area contributed by atoms with Crippen molar-refractivity contribution in [3.8, 4) is 0 Å². The molecule has 3 rings (SSSR count). The van der Waals surface area contributed by atoms with Crippen LogP contribution in [-0.4, -0.2) is 37.6 Å². The van der Waals surface area contributed by atoms with Crippen molar-refractivity contribution in [1.82, 2.24) is 0 Å². The summed E-state index contributed by atoms with van der Waals surface area (Å²) in [6.07, 6.45) is 4.33. The van der Waals surface area contributed by atoms with E-state index in [1.165, 1.54) is 12.7 Å². The predicted octanol–water partition coefficient (Wildman–Crippen LogP) is 5.60. The molecule has 0 N–H and O–H groups in total. The molecule has 5 nitrogen and oxygen atoms in total. The number of ether oxygens (including phenoxy) is 2. The number of methoxy groups -OCH3 is 1. The zero-order valence-electron chi connectivity index (χ0n) is 19.7. The first-order valence-electron chi connectivity index (χ1n) is 11.2. The second-order valence-corrected chi connectivity index (χ2v) is 8.81. The fourth-order valence-electron chi connectivity index (χ4n) is 4.31. The van der Waals surface area contributed by atoms with Gasteiger partial charge in [-0.25, -0.2) is 4.79 Å². The summed E-state index contributed by atoms with van der Waals surface area (Å²) in [4.78, 5) is 31.9. The number of aryl methyl sites for hydroxylation is 1. The van der Waals surface area contributed by atoms with Crippen molar-refractivity contribution < 1.29 is 19.1 Å². The van der Waals surface area contributed by atoms with Crippen LogP contribution in [-0.2, 0) is 25.5 Å². The molecule has 2 atom stereocenters. The molecule has 6 heteroatoms. The standard InChI is InChI=1S/C27H31NO4S/c1-5-32-27(30)25-22(16-9-13-19-11-7-6-8-12-19)28-18(2)23(26(29)31-3)24(25)20-14-10-15-21(17-20)33-4/h6-8,10-12,14-15,17,23-24H,5,9,13,16H2,1-4H3. The summed E-state index contributed by atoms with van der Waals surface area (Å²) in [7, 11) is 1.37. The van der Waals surface area contributed by atoms with Gasteiger partial charge in [0.2, 0.25) is 0 Å². The number of nitrogens with zero attached hydrogens (tertiary/aromatic N) is 1. The topological polar surface area (TPSA) is 65.0 Å². The SMILES string of the molecule is CCOC(=O)C1=C(CCCc2ccccc2)N=C(C)C(C(=O)OC)C1c1cccc(SC)c1. The molecule has 0 radical (unpaired) electrons. The number of esters is 2. The summed E-state index contributed by atoms with van der Waals surface area (Å²) in [6, 6.07) is 18.2. The van der Waals surface area contributed by atoms with Gasteiger partial charge in [-0.2, -0.15) is 0 Å². The van der Waals surface area contributed by atoms with Crippen molar-refractivity contribution in [2.24, 2.45) is 10.9 Å². The van der Waals surface area contributed by atoms with Crippen LogP contribution in [0.5, 0.6) is 0 Å². The van der Waals surface area contributed by atoms with Gasteiger partial charge in [0.25, 0.3) is 0 Å². The molecule has 0 bridgehead atoms. The first kappa shape index (κ1) is 24.8. The summed E-state index contributed by atoms with van der Waals surface area (Å²) in [5.74, 6) is -2.00. The Balaban J connectivity index is 2.06. The predicted molar refractivity (Wildman–Crippen MR) is 133 cm³/mol. The Hall–Kier alpha value is -2.86. The van der Waals surface area contributed by atoms with Crippen molar-refractivity contribution in [1.29, 1.82) is 0 Å². The molecule has 2 aromatic carbocycles. The lowest BCUT2D eigenvalue weighted by atomic mass is 9.75. The van der Waals surface area contributed by atoms with Gasteiger partial charge in [-0.1, -0.05) is 42.5 Å². The van der Waals surface area contributed by atoms with E-state index in [9.17, 15) is 9.59 Å². The molecule has 0 aliphatic carbocycles. The highest BCUT2D eigenvalue weighted by molar-refractivity contribution is 7.98. The number of hydrogen-bond donors (Lipinski definition) is 0. The van der Waals surface area contributed by atoms with Crippen molar-refractivity contribution in [2.45, 2.75) is 43.9 Å². The molecule has 2 aromatic rings. The molecule has 2 unspecified atom stereocenters. The van der Waals surface area contributed by atoms with Crippen LogP contribution in [0.2, 0.25) is 0 Å². The van der Waals surface area contributed by atoms with E-state index in [0.717, 1.165) is 23.3 Å². The van der Waals surface area contributed by atoms with Crippen molar-refractivity contribution in [3.63, 3.8) is 0 Å². The maximum Gasteiger partial charge on any atom is 0.336 e. The third kappa shape index (κ3) is 5.93. The fourth-order valence-corrected chi connectivity index (χ4v) is 4.78. The van der Waals surface area contributed by atoms with Crippen molar-refractivity contribution in [3.05, 3.63) is 77.0 Å². The minimum atomic E-state index is -0.676. The second-order valence-electron chi connectivity index (χ2n) is 7.93. The first-order valence-corrected chi connectivity index (χ1v) is 12.4. The highest BCUT2D eigenvalue weighted by Gasteiger charge is 2.42. The molecule has 1 aliphatic rings. The van der Waals surface area contributed by atoms with E-state index in [2.05, 4.69) is 12.1 Å². The third-order valence-electron chi connectivity index (χ3n) is 5.84. The number of allylic oxidation sites excluding steroid dienone is 1. The lowest BCUT2D eigenvalue weighted by molar-refractivity contribution is -0.144. The first-order chi connectivity index (χ1) is 16.0. The highest BCUT2D eigenvalue weighted by Crippen LogP contribution is 2.42. The molecule has 174 valence electrons. The Morgan fingerprint density at radius 2 is 1.82 bits per heavy atom. The van der Waals surface area contributed by atoms with Gasteiger partial charge in [-0.3, -0.25) is 9.79 Å². The van der Waals surface area contributed by atoms with Gasteiger partial charge in [0.05, 0.1) is 25.0 Å². The van der Waals surface area contributed by atoms with Crippen LogP contribution in [0.15, 0.2) is 75.8 Å². The van der Waals surface area contributed by atoms with Gasteiger partial charge in [0.1, 0.15) is 5.92 Å². The highest BCUT2D eigenvalue weighted by atomic mass is 32.2. The second kappa shape index (κ2) is 11.8. The average Bonchev–Trinajstić information content (AvgIpc) is 2.84. The minimum Gasteiger partial charge on any atom is -0.468 e. The van der Waals surface area contributed by atoms with E-state index in [4.69, 9.17) is 14.5 Å². The van der Waals surface area contributed by atoms with E-state index in [1.54, 1.807) is 18.7 Å². The summed E-state index contributed by atoms with van der Waals surface area (Å²) < 4.78 is 10.6. The van der Waals surface area contributed by atoms with Gasteiger partial charge in [-0.05, 0) is 62.6 Å². The lowest BCUT2D eigenvalue weighted by Gasteiger charge is -2.32. The van der Waals surface area contributed by atoms with Crippen LogP contribution in [0.1, 0.15) is 43.7 Å². The molecular formula is C27H31NO4S. The van der Waals surface area contributed by atoms with Crippen LogP contribution in [0, 0.1) is 5.92 Å². The molecular weight excluding hydrogens is 434 g/mol. The molecule has 33 heavy (non-hydrogen) atoms. The van der Waals surface area contributed by atoms with E-state index in [0.29, 0.717) is 23.4 Å². The van der Waals surface area contributed by atoms with Gasteiger partial charge in [-0.15, -0.1) is 11.8 Å². The summed E-state index contributed by atoms with van der Waals surface area (Å²) in [5.41, 5.74) is 3.94.